The molecule has 2 rings (SSSR count). The van der Waals surface area contributed by atoms with Gasteiger partial charge >= 0.3 is 0 Å². The molecule has 0 saturated carbocycles. The highest BCUT2D eigenvalue weighted by molar-refractivity contribution is 6.35. The van der Waals surface area contributed by atoms with Crippen molar-refractivity contribution in [2.45, 2.75) is 6.54 Å². The van der Waals surface area contributed by atoms with Crippen LogP contribution in [-0.4, -0.2) is 28.3 Å². The van der Waals surface area contributed by atoms with Gasteiger partial charge in [-0.1, -0.05) is 23.2 Å². The van der Waals surface area contributed by atoms with Gasteiger partial charge in [-0.05, 0) is 12.1 Å². The molecule has 0 aliphatic rings. The van der Waals surface area contributed by atoms with Crippen LogP contribution in [0.4, 0.5) is 5.82 Å². The quantitative estimate of drug-likeness (QED) is 0.713. The van der Waals surface area contributed by atoms with Crippen molar-refractivity contribution in [3.63, 3.8) is 0 Å². The molecule has 0 aliphatic heterocycles. The van der Waals surface area contributed by atoms with Gasteiger partial charge < -0.3 is 10.6 Å². The Bertz CT molecular complexity index is 486. The monoisotopic (exact) mass is 285 g/mol. The lowest BCUT2D eigenvalue weighted by molar-refractivity contribution is 0.690. The van der Waals surface area contributed by atoms with Gasteiger partial charge in [0.15, 0.2) is 0 Å². The molecule has 0 aromatic carbocycles. The molecule has 0 spiro atoms. The van der Waals surface area contributed by atoms with E-state index in [1.807, 2.05) is 6.07 Å². The first-order valence-electron chi connectivity index (χ1n) is 5.49. The second-order valence-electron chi connectivity index (χ2n) is 3.67. The van der Waals surface area contributed by atoms with E-state index in [0.717, 1.165) is 25.3 Å². The number of anilines is 1. The average molecular weight is 286 g/mol. The Morgan fingerprint density at radius 2 is 2.17 bits per heavy atom. The third kappa shape index (κ3) is 3.87. The van der Waals surface area contributed by atoms with Crippen molar-refractivity contribution < 1.29 is 0 Å². The minimum absolute atomic E-state index is 0.524. The largest absolute Gasteiger partial charge is 0.368 e. The van der Waals surface area contributed by atoms with Crippen LogP contribution in [0.1, 0.15) is 5.69 Å². The third-order valence-corrected chi connectivity index (χ3v) is 2.77. The summed E-state index contributed by atoms with van der Waals surface area (Å²) in [5, 5.41) is 14.2. The number of pyridine rings is 1. The van der Waals surface area contributed by atoms with Crippen molar-refractivity contribution in [3.8, 4) is 0 Å². The van der Waals surface area contributed by atoms with Crippen molar-refractivity contribution >= 4 is 29.0 Å². The van der Waals surface area contributed by atoms with Gasteiger partial charge in [0.25, 0.3) is 0 Å². The van der Waals surface area contributed by atoms with Crippen LogP contribution in [0, 0.1) is 0 Å². The van der Waals surface area contributed by atoms with Crippen molar-refractivity contribution in [3.05, 3.63) is 40.3 Å². The molecule has 96 valence electrons. The Hall–Kier alpha value is -1.30. The zero-order valence-electron chi connectivity index (χ0n) is 9.58. The summed E-state index contributed by atoms with van der Waals surface area (Å²) in [6.45, 7) is 2.27. The molecule has 2 heterocycles. The average Bonchev–Trinajstić information content (AvgIpc) is 2.84. The first-order chi connectivity index (χ1) is 8.75. The Labute approximate surface area is 115 Å². The molecule has 0 fully saturated rings. The highest BCUT2D eigenvalue weighted by Gasteiger charge is 2.01. The molecule has 7 heteroatoms. The van der Waals surface area contributed by atoms with Gasteiger partial charge in [-0.15, -0.1) is 0 Å². The van der Waals surface area contributed by atoms with Crippen LogP contribution in [-0.2, 0) is 6.54 Å². The Morgan fingerprint density at radius 1 is 1.28 bits per heavy atom. The number of aromatic nitrogens is 3. The van der Waals surface area contributed by atoms with E-state index in [1.54, 1.807) is 18.5 Å². The third-order valence-electron chi connectivity index (χ3n) is 2.28. The number of rotatable bonds is 6. The zero-order valence-corrected chi connectivity index (χ0v) is 11.1. The predicted octanol–water partition coefficient (Wildman–Crippen LogP) is 2.31. The highest BCUT2D eigenvalue weighted by atomic mass is 35.5. The zero-order chi connectivity index (χ0) is 12.8. The smallest absolute Gasteiger partial charge is 0.144 e. The molecular formula is C11H13Cl2N5. The summed E-state index contributed by atoms with van der Waals surface area (Å²) in [7, 11) is 0. The Balaban J connectivity index is 1.69. The van der Waals surface area contributed by atoms with E-state index in [4.69, 9.17) is 23.2 Å². The van der Waals surface area contributed by atoms with Crippen LogP contribution in [0.15, 0.2) is 24.5 Å². The summed E-state index contributed by atoms with van der Waals surface area (Å²) >= 11 is 11.7. The molecule has 0 atom stereocenters. The maximum Gasteiger partial charge on any atom is 0.144 e. The Kier molecular flexibility index (Phi) is 4.81. The molecule has 3 N–H and O–H groups in total. The lowest BCUT2D eigenvalue weighted by atomic mass is 10.4. The fourth-order valence-electron chi connectivity index (χ4n) is 1.42. The van der Waals surface area contributed by atoms with Gasteiger partial charge in [0, 0.05) is 37.7 Å². The van der Waals surface area contributed by atoms with Crippen LogP contribution in [0.25, 0.3) is 0 Å². The fourth-order valence-corrected chi connectivity index (χ4v) is 1.87. The van der Waals surface area contributed by atoms with Gasteiger partial charge in [-0.25, -0.2) is 4.98 Å². The normalized spacial score (nSPS) is 10.6. The van der Waals surface area contributed by atoms with Gasteiger partial charge in [-0.2, -0.15) is 5.10 Å². The summed E-state index contributed by atoms with van der Waals surface area (Å²) in [6.07, 6.45) is 3.29. The van der Waals surface area contributed by atoms with E-state index in [2.05, 4.69) is 25.8 Å². The summed E-state index contributed by atoms with van der Waals surface area (Å²) in [4.78, 5) is 4.11. The number of aromatic amines is 1. The van der Waals surface area contributed by atoms with Gasteiger partial charge in [0.2, 0.25) is 0 Å². The van der Waals surface area contributed by atoms with Crippen molar-refractivity contribution in [2.75, 3.05) is 18.4 Å². The van der Waals surface area contributed by atoms with Gasteiger partial charge in [-0.3, -0.25) is 5.10 Å². The minimum atomic E-state index is 0.524. The molecule has 0 radical (unpaired) electrons. The molecule has 0 bridgehead atoms. The number of H-pyrrole nitrogens is 1. The van der Waals surface area contributed by atoms with E-state index >= 15 is 0 Å². The Morgan fingerprint density at radius 3 is 2.89 bits per heavy atom. The van der Waals surface area contributed by atoms with E-state index in [9.17, 15) is 0 Å². The molecule has 0 aliphatic carbocycles. The van der Waals surface area contributed by atoms with E-state index < -0.39 is 0 Å². The highest BCUT2D eigenvalue weighted by Crippen LogP contribution is 2.21. The molecule has 2 aromatic heterocycles. The fraction of sp³-hybridized carbons (Fsp3) is 0.273. The number of halogens is 2. The second kappa shape index (κ2) is 6.58. The standard InChI is InChI=1S/C11H13Cl2N5/c12-8-5-10(13)11(16-6-8)15-4-3-14-7-9-1-2-17-18-9/h1-2,5-6,14H,3-4,7H2,(H,15,16)(H,17,18). The van der Waals surface area contributed by atoms with Gasteiger partial charge in [0.05, 0.1) is 10.0 Å². The molecule has 0 saturated heterocycles. The summed E-state index contributed by atoms with van der Waals surface area (Å²) in [6, 6.07) is 3.59. The lowest BCUT2D eigenvalue weighted by Crippen LogP contribution is -2.22. The number of nitrogens with zero attached hydrogens (tertiary/aromatic N) is 2. The number of nitrogens with one attached hydrogen (secondary N) is 3. The lowest BCUT2D eigenvalue weighted by Gasteiger charge is -2.08. The molecule has 0 unspecified atom stereocenters. The molecule has 5 nitrogen and oxygen atoms in total. The van der Waals surface area contributed by atoms with E-state index in [1.165, 1.54) is 0 Å². The minimum Gasteiger partial charge on any atom is -0.368 e. The van der Waals surface area contributed by atoms with Crippen molar-refractivity contribution in [1.82, 2.24) is 20.5 Å². The second-order valence-corrected chi connectivity index (χ2v) is 4.51. The topological polar surface area (TPSA) is 65.6 Å². The van der Waals surface area contributed by atoms with Crippen molar-refractivity contribution in [2.24, 2.45) is 0 Å². The number of hydrogen-bond donors (Lipinski definition) is 3. The summed E-state index contributed by atoms with van der Waals surface area (Å²) in [5.41, 5.74) is 1.05. The van der Waals surface area contributed by atoms with Crippen LogP contribution in [0.3, 0.4) is 0 Å². The maximum atomic E-state index is 5.98. The van der Waals surface area contributed by atoms with Crippen LogP contribution in [0.5, 0.6) is 0 Å². The van der Waals surface area contributed by atoms with Crippen LogP contribution in [0.2, 0.25) is 10.0 Å². The summed E-state index contributed by atoms with van der Waals surface area (Å²) in [5.74, 6) is 0.643. The molecule has 18 heavy (non-hydrogen) atoms. The molecule has 2 aromatic rings. The van der Waals surface area contributed by atoms with E-state index in [0.29, 0.717) is 15.9 Å². The maximum absolute atomic E-state index is 5.98. The van der Waals surface area contributed by atoms with Crippen LogP contribution >= 0.6 is 23.2 Å². The van der Waals surface area contributed by atoms with Crippen molar-refractivity contribution in [1.29, 1.82) is 0 Å². The first-order valence-corrected chi connectivity index (χ1v) is 6.25. The predicted molar refractivity (Wildman–Crippen MR) is 73.0 cm³/mol. The molecular weight excluding hydrogens is 273 g/mol. The number of hydrogen-bond acceptors (Lipinski definition) is 4. The van der Waals surface area contributed by atoms with Crippen LogP contribution < -0.4 is 10.6 Å². The summed E-state index contributed by atoms with van der Waals surface area (Å²) < 4.78 is 0. The SMILES string of the molecule is Clc1cnc(NCCNCc2ccn[nH]2)c(Cl)c1. The molecule has 0 amide bonds. The first kappa shape index (κ1) is 13.1. The van der Waals surface area contributed by atoms with E-state index in [-0.39, 0.29) is 0 Å². The van der Waals surface area contributed by atoms with Gasteiger partial charge in [0.1, 0.15) is 5.82 Å².